The summed E-state index contributed by atoms with van der Waals surface area (Å²) in [5.41, 5.74) is 0.663. The summed E-state index contributed by atoms with van der Waals surface area (Å²) in [7, 11) is 0. The Hall–Kier alpha value is -1.50. The van der Waals surface area contributed by atoms with Crippen molar-refractivity contribution in [1.29, 1.82) is 5.26 Å². The Morgan fingerprint density at radius 2 is 2.09 bits per heavy atom. The number of hydrogen-bond donors (Lipinski definition) is 1. The molecule has 0 aromatic heterocycles. The highest BCUT2D eigenvalue weighted by Crippen LogP contribution is 2.25. The molecule has 5 heteroatoms. The molecule has 0 unspecified atom stereocenters. The molecular formula is C17H18Cl2N2O. The average molecular weight is 337 g/mol. The number of nitrogens with zero attached hydrogens (tertiary/aromatic N) is 1. The van der Waals surface area contributed by atoms with Crippen LogP contribution in [0.15, 0.2) is 23.8 Å². The lowest BCUT2D eigenvalue weighted by molar-refractivity contribution is -0.118. The molecule has 0 bridgehead atoms. The van der Waals surface area contributed by atoms with Gasteiger partial charge in [0.25, 0.3) is 5.91 Å². The summed E-state index contributed by atoms with van der Waals surface area (Å²) >= 11 is 11.9. The smallest absolute Gasteiger partial charge is 0.262 e. The molecule has 1 fully saturated rings. The van der Waals surface area contributed by atoms with Gasteiger partial charge in [0, 0.05) is 16.1 Å². The number of amides is 1. The van der Waals surface area contributed by atoms with E-state index in [9.17, 15) is 10.1 Å². The fraction of sp³-hybridized carbons (Fsp3) is 0.412. The van der Waals surface area contributed by atoms with Gasteiger partial charge in [-0.05, 0) is 42.5 Å². The standard InChI is InChI=1S/C17H18Cl2N2O/c1-11-4-2-3-5-16(11)21-17(22)13(10-20)8-12-6-7-14(18)9-15(12)19/h6-9,11,16H,2-5H2,1H3,(H,21,22)/b13-8+/t11-,16+/m0/s1. The van der Waals surface area contributed by atoms with Gasteiger partial charge in [0.2, 0.25) is 0 Å². The van der Waals surface area contributed by atoms with Crippen LogP contribution >= 0.6 is 23.2 Å². The minimum Gasteiger partial charge on any atom is -0.348 e. The van der Waals surface area contributed by atoms with Crippen molar-refractivity contribution in [3.05, 3.63) is 39.4 Å². The van der Waals surface area contributed by atoms with Crippen LogP contribution in [0.3, 0.4) is 0 Å². The normalized spacial score (nSPS) is 22.0. The maximum atomic E-state index is 12.3. The Balaban J connectivity index is 2.15. The highest BCUT2D eigenvalue weighted by atomic mass is 35.5. The van der Waals surface area contributed by atoms with Crippen LogP contribution in [0.5, 0.6) is 0 Å². The van der Waals surface area contributed by atoms with Crippen LogP contribution in [0.4, 0.5) is 0 Å². The van der Waals surface area contributed by atoms with Crippen molar-refractivity contribution in [2.24, 2.45) is 5.92 Å². The number of carbonyl (C=O) groups is 1. The topological polar surface area (TPSA) is 52.9 Å². The molecule has 3 nitrogen and oxygen atoms in total. The highest BCUT2D eigenvalue weighted by molar-refractivity contribution is 6.35. The molecule has 1 saturated carbocycles. The zero-order valence-electron chi connectivity index (χ0n) is 12.4. The number of nitriles is 1. The lowest BCUT2D eigenvalue weighted by atomic mass is 9.86. The second-order valence-corrected chi connectivity index (χ2v) is 6.52. The minimum atomic E-state index is -0.340. The Bertz CT molecular complexity index is 634. The molecule has 0 saturated heterocycles. The molecule has 1 N–H and O–H groups in total. The molecule has 2 rings (SSSR count). The van der Waals surface area contributed by atoms with Crippen molar-refractivity contribution < 1.29 is 4.79 Å². The Kier molecular flexibility index (Phi) is 5.88. The van der Waals surface area contributed by atoms with E-state index in [1.807, 2.05) is 6.07 Å². The van der Waals surface area contributed by atoms with Crippen molar-refractivity contribution in [3.63, 3.8) is 0 Å². The second-order valence-electron chi connectivity index (χ2n) is 5.68. The highest BCUT2D eigenvalue weighted by Gasteiger charge is 2.24. The number of hydrogen-bond acceptors (Lipinski definition) is 2. The summed E-state index contributed by atoms with van der Waals surface area (Å²) in [5.74, 6) is 0.101. The summed E-state index contributed by atoms with van der Waals surface area (Å²) in [6, 6.07) is 7.05. The van der Waals surface area contributed by atoms with Gasteiger partial charge in [0.1, 0.15) is 11.6 Å². The quantitative estimate of drug-likeness (QED) is 0.648. The maximum absolute atomic E-state index is 12.3. The number of halogens is 2. The molecular weight excluding hydrogens is 319 g/mol. The first-order valence-corrected chi connectivity index (χ1v) is 8.14. The summed E-state index contributed by atoms with van der Waals surface area (Å²) in [6.07, 6.45) is 5.90. The second kappa shape index (κ2) is 7.67. The van der Waals surface area contributed by atoms with E-state index in [4.69, 9.17) is 23.2 Å². The molecule has 22 heavy (non-hydrogen) atoms. The van der Waals surface area contributed by atoms with Gasteiger partial charge >= 0.3 is 0 Å². The van der Waals surface area contributed by atoms with E-state index in [2.05, 4.69) is 12.2 Å². The van der Waals surface area contributed by atoms with E-state index in [-0.39, 0.29) is 17.5 Å². The summed E-state index contributed by atoms with van der Waals surface area (Å²) < 4.78 is 0. The van der Waals surface area contributed by atoms with Gasteiger partial charge in [-0.15, -0.1) is 0 Å². The van der Waals surface area contributed by atoms with E-state index >= 15 is 0 Å². The van der Waals surface area contributed by atoms with Gasteiger partial charge in [-0.2, -0.15) is 5.26 Å². The van der Waals surface area contributed by atoms with E-state index in [0.717, 1.165) is 19.3 Å². The zero-order chi connectivity index (χ0) is 16.1. The molecule has 0 heterocycles. The maximum Gasteiger partial charge on any atom is 0.262 e. The number of nitrogens with one attached hydrogen (secondary N) is 1. The van der Waals surface area contributed by atoms with Crippen molar-refractivity contribution in [3.8, 4) is 6.07 Å². The van der Waals surface area contributed by atoms with Gasteiger partial charge in [0.15, 0.2) is 0 Å². The van der Waals surface area contributed by atoms with Crippen LogP contribution in [0.1, 0.15) is 38.2 Å². The molecule has 0 radical (unpaired) electrons. The van der Waals surface area contributed by atoms with E-state index in [1.165, 1.54) is 12.5 Å². The van der Waals surface area contributed by atoms with E-state index in [1.54, 1.807) is 18.2 Å². The molecule has 1 amide bonds. The molecule has 116 valence electrons. The number of carbonyl (C=O) groups excluding carboxylic acids is 1. The largest absolute Gasteiger partial charge is 0.348 e. The van der Waals surface area contributed by atoms with Gasteiger partial charge in [-0.3, -0.25) is 4.79 Å². The first-order chi connectivity index (χ1) is 10.5. The third-order valence-corrected chi connectivity index (χ3v) is 4.62. The van der Waals surface area contributed by atoms with Crippen LogP contribution < -0.4 is 5.32 Å². The molecule has 0 aliphatic heterocycles. The molecule has 0 spiro atoms. The van der Waals surface area contributed by atoms with Gasteiger partial charge < -0.3 is 5.32 Å². The first kappa shape index (κ1) is 16.9. The fourth-order valence-corrected chi connectivity index (χ4v) is 3.16. The summed E-state index contributed by atoms with van der Waals surface area (Å²) in [5, 5.41) is 13.2. The Morgan fingerprint density at radius 1 is 1.36 bits per heavy atom. The van der Waals surface area contributed by atoms with Crippen molar-refractivity contribution in [2.45, 2.75) is 38.6 Å². The van der Waals surface area contributed by atoms with Crippen LogP contribution in [0.2, 0.25) is 10.0 Å². The van der Waals surface area contributed by atoms with E-state index < -0.39 is 0 Å². The number of benzene rings is 1. The third kappa shape index (κ3) is 4.25. The molecule has 1 aromatic carbocycles. The molecule has 1 aliphatic carbocycles. The minimum absolute atomic E-state index is 0.0574. The summed E-state index contributed by atoms with van der Waals surface area (Å²) in [4.78, 5) is 12.3. The van der Waals surface area contributed by atoms with Crippen LogP contribution in [-0.2, 0) is 4.79 Å². The van der Waals surface area contributed by atoms with Crippen LogP contribution in [-0.4, -0.2) is 11.9 Å². The predicted octanol–water partition coefficient (Wildman–Crippen LogP) is 4.60. The molecule has 2 atom stereocenters. The Morgan fingerprint density at radius 3 is 2.73 bits per heavy atom. The molecule has 1 aromatic rings. The number of rotatable bonds is 3. The SMILES string of the molecule is C[C@H]1CCCC[C@H]1NC(=O)/C(C#N)=C/c1ccc(Cl)cc1Cl. The lowest BCUT2D eigenvalue weighted by Gasteiger charge is -2.29. The van der Waals surface area contributed by atoms with Crippen molar-refractivity contribution in [1.82, 2.24) is 5.32 Å². The lowest BCUT2D eigenvalue weighted by Crippen LogP contribution is -2.41. The van der Waals surface area contributed by atoms with Gasteiger partial charge in [-0.1, -0.05) is 49.0 Å². The van der Waals surface area contributed by atoms with Crippen LogP contribution in [0, 0.1) is 17.2 Å². The Labute approximate surface area is 140 Å². The molecule has 1 aliphatic rings. The van der Waals surface area contributed by atoms with Gasteiger partial charge in [-0.25, -0.2) is 0 Å². The van der Waals surface area contributed by atoms with Gasteiger partial charge in [0.05, 0.1) is 0 Å². The predicted molar refractivity (Wildman–Crippen MR) is 89.6 cm³/mol. The van der Waals surface area contributed by atoms with E-state index in [0.29, 0.717) is 21.5 Å². The first-order valence-electron chi connectivity index (χ1n) is 7.39. The zero-order valence-corrected chi connectivity index (χ0v) is 13.9. The fourth-order valence-electron chi connectivity index (χ4n) is 2.70. The van der Waals surface area contributed by atoms with Crippen LogP contribution in [0.25, 0.3) is 6.08 Å². The van der Waals surface area contributed by atoms with Crippen molar-refractivity contribution >= 4 is 35.2 Å². The monoisotopic (exact) mass is 336 g/mol. The third-order valence-electron chi connectivity index (χ3n) is 4.06. The van der Waals surface area contributed by atoms with Crippen molar-refractivity contribution in [2.75, 3.05) is 0 Å². The summed E-state index contributed by atoms with van der Waals surface area (Å²) in [6.45, 7) is 2.13. The average Bonchev–Trinajstić information content (AvgIpc) is 2.49.